The van der Waals surface area contributed by atoms with E-state index in [1.165, 1.54) is 7.11 Å². The third kappa shape index (κ3) is 4.87. The molecule has 0 saturated heterocycles. The number of ether oxygens (including phenoxy) is 4. The number of carbonyl (C=O) groups excluding carboxylic acids is 3. The smallest absolute Gasteiger partial charge is 0.346 e. The lowest BCUT2D eigenvalue weighted by molar-refractivity contribution is 0.0454. The molecule has 0 unspecified atom stereocenters. The van der Waals surface area contributed by atoms with Gasteiger partial charge in [0.15, 0.2) is 5.78 Å². The first-order valence-electron chi connectivity index (χ1n) is 11.2. The summed E-state index contributed by atoms with van der Waals surface area (Å²) in [6, 6.07) is 6.63. The molecule has 0 N–H and O–H groups in total. The molecular formula is C26H28O7. The summed E-state index contributed by atoms with van der Waals surface area (Å²) in [5.74, 6) is -0.174. The highest BCUT2D eigenvalue weighted by atomic mass is 16.6. The van der Waals surface area contributed by atoms with Gasteiger partial charge in [0.25, 0.3) is 0 Å². The molecule has 0 spiro atoms. The minimum absolute atomic E-state index is 0.0237. The largest absolute Gasteiger partial charge is 0.495 e. The van der Waals surface area contributed by atoms with E-state index in [0.717, 1.165) is 18.4 Å². The fraction of sp³-hybridized carbons (Fsp3) is 0.423. The molecule has 1 aliphatic heterocycles. The van der Waals surface area contributed by atoms with Crippen molar-refractivity contribution in [2.45, 2.75) is 46.6 Å². The molecule has 0 aromatic heterocycles. The van der Waals surface area contributed by atoms with E-state index in [1.807, 2.05) is 26.8 Å². The van der Waals surface area contributed by atoms with Gasteiger partial charge in [-0.3, -0.25) is 4.79 Å². The molecule has 7 heteroatoms. The van der Waals surface area contributed by atoms with Gasteiger partial charge < -0.3 is 18.9 Å². The maximum Gasteiger partial charge on any atom is 0.346 e. The number of hydrogen-bond acceptors (Lipinski definition) is 7. The summed E-state index contributed by atoms with van der Waals surface area (Å²) in [6.07, 6.45) is 2.44. The number of methoxy groups -OCH3 is 1. The highest BCUT2D eigenvalue weighted by Gasteiger charge is 2.31. The van der Waals surface area contributed by atoms with Gasteiger partial charge >= 0.3 is 11.9 Å². The summed E-state index contributed by atoms with van der Waals surface area (Å²) >= 11 is 0. The molecule has 33 heavy (non-hydrogen) atoms. The van der Waals surface area contributed by atoms with E-state index in [0.29, 0.717) is 30.1 Å². The monoisotopic (exact) mass is 452 g/mol. The average Bonchev–Trinajstić information content (AvgIpc) is 3.59. The second-order valence-corrected chi connectivity index (χ2v) is 9.06. The zero-order chi connectivity index (χ0) is 23.7. The van der Waals surface area contributed by atoms with Gasteiger partial charge in [0.1, 0.15) is 35.0 Å². The van der Waals surface area contributed by atoms with Crippen molar-refractivity contribution in [3.05, 3.63) is 52.1 Å². The fourth-order valence-electron chi connectivity index (χ4n) is 3.86. The van der Waals surface area contributed by atoms with E-state index in [-0.39, 0.29) is 46.7 Å². The Bertz CT molecular complexity index is 1110. The zero-order valence-corrected chi connectivity index (χ0v) is 19.4. The molecule has 2 aliphatic rings. The van der Waals surface area contributed by atoms with Crippen LogP contribution in [0, 0.1) is 18.8 Å². The molecule has 1 fully saturated rings. The van der Waals surface area contributed by atoms with Crippen molar-refractivity contribution in [3.63, 3.8) is 0 Å². The van der Waals surface area contributed by atoms with Crippen molar-refractivity contribution in [1.82, 2.24) is 0 Å². The predicted molar refractivity (Wildman–Crippen MR) is 120 cm³/mol. The number of aryl methyl sites for hydroxylation is 1. The summed E-state index contributed by atoms with van der Waals surface area (Å²) < 4.78 is 22.6. The lowest BCUT2D eigenvalue weighted by atomic mass is 9.97. The third-order valence-electron chi connectivity index (χ3n) is 5.67. The molecule has 2 aromatic rings. The Hall–Kier alpha value is -3.35. The molecule has 174 valence electrons. The molecule has 1 aliphatic carbocycles. The normalized spacial score (nSPS) is 14.9. The number of fused-ring (bicyclic) bond motifs is 2. The van der Waals surface area contributed by atoms with Gasteiger partial charge in [-0.1, -0.05) is 13.8 Å². The zero-order valence-electron chi connectivity index (χ0n) is 19.4. The lowest BCUT2D eigenvalue weighted by Gasteiger charge is -2.23. The Kier molecular flexibility index (Phi) is 6.40. The molecule has 0 bridgehead atoms. The minimum atomic E-state index is -0.661. The van der Waals surface area contributed by atoms with Crippen molar-refractivity contribution in [2.24, 2.45) is 11.8 Å². The van der Waals surface area contributed by atoms with Crippen LogP contribution in [-0.2, 0) is 16.1 Å². The first-order chi connectivity index (χ1) is 15.8. The van der Waals surface area contributed by atoms with Crippen LogP contribution in [0.25, 0.3) is 0 Å². The van der Waals surface area contributed by atoms with Crippen molar-refractivity contribution in [1.29, 1.82) is 0 Å². The first kappa shape index (κ1) is 22.8. The average molecular weight is 453 g/mol. The molecule has 1 heterocycles. The predicted octanol–water partition coefficient (Wildman–Crippen LogP) is 5.26. The molecule has 4 rings (SSSR count). The number of esters is 2. The van der Waals surface area contributed by atoms with Crippen molar-refractivity contribution in [3.8, 4) is 17.2 Å². The fourth-order valence-corrected chi connectivity index (χ4v) is 3.86. The molecule has 7 nitrogen and oxygen atoms in total. The number of carbonyl (C=O) groups is 3. The third-order valence-corrected chi connectivity index (χ3v) is 5.67. The SMILES string of the molecule is COc1c(C(=O)CC(C)C)ccc2c1C(=O)OCc1cc(C)cc(C(=O)OCC3CC3)c1O2. The van der Waals surface area contributed by atoms with E-state index in [4.69, 9.17) is 18.9 Å². The van der Waals surface area contributed by atoms with Crippen LogP contribution < -0.4 is 9.47 Å². The summed E-state index contributed by atoms with van der Waals surface area (Å²) in [5, 5.41) is 0. The maximum absolute atomic E-state index is 12.9. The molecule has 0 atom stereocenters. The first-order valence-corrected chi connectivity index (χ1v) is 11.2. The van der Waals surface area contributed by atoms with Crippen molar-refractivity contribution >= 4 is 17.7 Å². The van der Waals surface area contributed by atoms with Gasteiger partial charge in [-0.15, -0.1) is 0 Å². The number of cyclic esters (lactones) is 1. The van der Waals surface area contributed by atoms with Gasteiger partial charge in [0.05, 0.1) is 19.3 Å². The van der Waals surface area contributed by atoms with E-state index in [9.17, 15) is 14.4 Å². The number of rotatable bonds is 7. The van der Waals surface area contributed by atoms with Crippen LogP contribution in [0.15, 0.2) is 24.3 Å². The van der Waals surface area contributed by atoms with E-state index in [2.05, 4.69) is 0 Å². The van der Waals surface area contributed by atoms with E-state index in [1.54, 1.807) is 18.2 Å². The highest BCUT2D eigenvalue weighted by molar-refractivity contribution is 6.05. The molecule has 0 radical (unpaired) electrons. The summed E-state index contributed by atoms with van der Waals surface area (Å²) in [7, 11) is 1.39. The highest BCUT2D eigenvalue weighted by Crippen LogP contribution is 2.41. The number of Topliss-reactive ketones (excluding diaryl/α,β-unsaturated/α-hetero) is 1. The lowest BCUT2D eigenvalue weighted by Crippen LogP contribution is -2.17. The number of benzene rings is 2. The van der Waals surface area contributed by atoms with Gasteiger partial charge in [-0.05, 0) is 61.4 Å². The van der Waals surface area contributed by atoms with Crippen LogP contribution in [0.3, 0.4) is 0 Å². The Labute approximate surface area is 193 Å². The second-order valence-electron chi connectivity index (χ2n) is 9.06. The van der Waals surface area contributed by atoms with Crippen molar-refractivity contribution in [2.75, 3.05) is 13.7 Å². The second kappa shape index (κ2) is 9.25. The maximum atomic E-state index is 12.9. The molecule has 1 saturated carbocycles. The summed E-state index contributed by atoms with van der Waals surface area (Å²) in [5.41, 5.74) is 1.97. The van der Waals surface area contributed by atoms with Gasteiger partial charge in [0, 0.05) is 12.0 Å². The van der Waals surface area contributed by atoms with Gasteiger partial charge in [0.2, 0.25) is 0 Å². The van der Waals surface area contributed by atoms with Crippen LogP contribution in [0.4, 0.5) is 0 Å². The van der Waals surface area contributed by atoms with Crippen LogP contribution in [0.1, 0.15) is 75.3 Å². The van der Waals surface area contributed by atoms with Gasteiger partial charge in [-0.2, -0.15) is 0 Å². The van der Waals surface area contributed by atoms with Gasteiger partial charge in [-0.25, -0.2) is 9.59 Å². The molecule has 0 amide bonds. The van der Waals surface area contributed by atoms with E-state index >= 15 is 0 Å². The Morgan fingerprint density at radius 2 is 1.91 bits per heavy atom. The number of hydrogen-bond donors (Lipinski definition) is 0. The standard InChI is InChI=1S/C26H28O7/c1-14(2)9-20(27)18-7-8-21-22(24(18)30-4)26(29)32-13-17-10-15(3)11-19(23(17)33-21)25(28)31-12-16-5-6-16/h7-8,10-11,14,16H,5-6,9,12-13H2,1-4H3. The van der Waals surface area contributed by atoms with Crippen LogP contribution in [0.5, 0.6) is 17.2 Å². The number of ketones is 1. The van der Waals surface area contributed by atoms with E-state index < -0.39 is 11.9 Å². The van der Waals surface area contributed by atoms with Crippen LogP contribution in [-0.4, -0.2) is 31.4 Å². The molecular weight excluding hydrogens is 424 g/mol. The van der Waals surface area contributed by atoms with Crippen LogP contribution in [0.2, 0.25) is 0 Å². The Morgan fingerprint density at radius 3 is 2.58 bits per heavy atom. The quantitative estimate of drug-likeness (QED) is 0.418. The summed E-state index contributed by atoms with van der Waals surface area (Å²) in [6.45, 7) is 6.02. The van der Waals surface area contributed by atoms with Crippen LogP contribution >= 0.6 is 0 Å². The minimum Gasteiger partial charge on any atom is -0.495 e. The Balaban J connectivity index is 1.77. The topological polar surface area (TPSA) is 88.1 Å². The summed E-state index contributed by atoms with van der Waals surface area (Å²) in [4.78, 5) is 38.6. The Morgan fingerprint density at radius 1 is 1.15 bits per heavy atom. The molecule has 2 aromatic carbocycles. The van der Waals surface area contributed by atoms with Crippen molar-refractivity contribution < 1.29 is 33.3 Å².